The third-order valence-corrected chi connectivity index (χ3v) is 4.37. The summed E-state index contributed by atoms with van der Waals surface area (Å²) in [5.74, 6) is 2.38. The Morgan fingerprint density at radius 3 is 2.67 bits per heavy atom. The van der Waals surface area contributed by atoms with Crippen molar-refractivity contribution in [3.05, 3.63) is 58.6 Å². The first-order valence-corrected chi connectivity index (χ1v) is 8.36. The second kappa shape index (κ2) is 6.47. The fourth-order valence-corrected chi connectivity index (χ4v) is 3.10. The maximum atomic E-state index is 5.45. The summed E-state index contributed by atoms with van der Waals surface area (Å²) in [4.78, 5) is 4.23. The van der Waals surface area contributed by atoms with E-state index in [-0.39, 0.29) is 0 Å². The van der Waals surface area contributed by atoms with Gasteiger partial charge in [-0.25, -0.2) is 0 Å². The molecule has 124 valence electrons. The van der Waals surface area contributed by atoms with E-state index in [9.17, 15) is 0 Å². The molecule has 0 saturated heterocycles. The number of fused-ring (bicyclic) bond motifs is 1. The Bertz CT molecular complexity index is 820. The molecule has 0 bridgehead atoms. The average molecular weight is 324 g/mol. The van der Waals surface area contributed by atoms with Crippen LogP contribution in [0.1, 0.15) is 47.1 Å². The minimum Gasteiger partial charge on any atom is -0.379 e. The minimum absolute atomic E-state index is 0.641. The SMILES string of the molecule is Cc1noc(Cc2ccc(NCc3noc4c3CCCC4)cc2)n1. The maximum Gasteiger partial charge on any atom is 0.231 e. The minimum atomic E-state index is 0.641. The van der Waals surface area contributed by atoms with Crippen LogP contribution in [-0.2, 0) is 25.8 Å². The van der Waals surface area contributed by atoms with Crippen LogP contribution in [0, 0.1) is 6.92 Å². The number of benzene rings is 1. The molecule has 0 unspecified atom stereocenters. The van der Waals surface area contributed by atoms with Crippen LogP contribution in [-0.4, -0.2) is 15.3 Å². The second-order valence-corrected chi connectivity index (χ2v) is 6.20. The molecule has 0 radical (unpaired) electrons. The van der Waals surface area contributed by atoms with Crippen molar-refractivity contribution < 1.29 is 9.05 Å². The molecule has 4 rings (SSSR count). The summed E-state index contributed by atoms with van der Waals surface area (Å²) in [6.45, 7) is 2.52. The number of aryl methyl sites for hydroxylation is 2. The summed E-state index contributed by atoms with van der Waals surface area (Å²) in [6.07, 6.45) is 5.18. The van der Waals surface area contributed by atoms with E-state index in [2.05, 4.69) is 44.9 Å². The lowest BCUT2D eigenvalue weighted by molar-refractivity contribution is 0.368. The predicted molar refractivity (Wildman–Crippen MR) is 88.8 cm³/mol. The molecule has 0 saturated carbocycles. The van der Waals surface area contributed by atoms with E-state index in [0.717, 1.165) is 35.5 Å². The molecule has 1 N–H and O–H groups in total. The highest BCUT2D eigenvalue weighted by molar-refractivity contribution is 5.45. The Morgan fingerprint density at radius 2 is 1.88 bits per heavy atom. The van der Waals surface area contributed by atoms with Crippen molar-refractivity contribution in [1.29, 1.82) is 0 Å². The fourth-order valence-electron chi connectivity index (χ4n) is 3.10. The summed E-state index contributed by atoms with van der Waals surface area (Å²) >= 11 is 0. The molecule has 0 atom stereocenters. The number of nitrogens with zero attached hydrogens (tertiary/aromatic N) is 3. The standard InChI is InChI=1S/C18H20N4O2/c1-12-20-18(24-21-12)10-13-6-8-14(9-7-13)19-11-16-15-4-2-3-5-17(15)23-22-16/h6-9,19H,2-5,10-11H2,1H3. The van der Waals surface area contributed by atoms with E-state index in [0.29, 0.717) is 24.7 Å². The van der Waals surface area contributed by atoms with E-state index < -0.39 is 0 Å². The van der Waals surface area contributed by atoms with Crippen molar-refractivity contribution in [2.45, 2.75) is 45.6 Å². The summed E-state index contributed by atoms with van der Waals surface area (Å²) in [5.41, 5.74) is 4.54. The van der Waals surface area contributed by atoms with Crippen molar-refractivity contribution >= 4 is 5.69 Å². The van der Waals surface area contributed by atoms with Gasteiger partial charge in [0.15, 0.2) is 5.82 Å². The van der Waals surface area contributed by atoms with Crippen LogP contribution in [0.2, 0.25) is 0 Å². The van der Waals surface area contributed by atoms with Crippen molar-refractivity contribution in [3.8, 4) is 0 Å². The van der Waals surface area contributed by atoms with E-state index in [1.54, 1.807) is 0 Å². The van der Waals surface area contributed by atoms with Gasteiger partial charge in [-0.3, -0.25) is 0 Å². The monoisotopic (exact) mass is 324 g/mol. The lowest BCUT2D eigenvalue weighted by Crippen LogP contribution is -2.06. The van der Waals surface area contributed by atoms with Gasteiger partial charge in [-0.1, -0.05) is 22.4 Å². The van der Waals surface area contributed by atoms with Gasteiger partial charge in [0.2, 0.25) is 5.89 Å². The van der Waals surface area contributed by atoms with E-state index >= 15 is 0 Å². The van der Waals surface area contributed by atoms with Gasteiger partial charge in [-0.05, 0) is 43.9 Å². The molecular weight excluding hydrogens is 304 g/mol. The Hall–Kier alpha value is -2.63. The van der Waals surface area contributed by atoms with Crippen molar-refractivity contribution in [1.82, 2.24) is 15.3 Å². The highest BCUT2D eigenvalue weighted by Gasteiger charge is 2.18. The van der Waals surface area contributed by atoms with Crippen molar-refractivity contribution in [3.63, 3.8) is 0 Å². The second-order valence-electron chi connectivity index (χ2n) is 6.20. The van der Waals surface area contributed by atoms with Gasteiger partial charge in [-0.15, -0.1) is 0 Å². The predicted octanol–water partition coefficient (Wildman–Crippen LogP) is 3.45. The number of hydrogen-bond donors (Lipinski definition) is 1. The van der Waals surface area contributed by atoms with Crippen molar-refractivity contribution in [2.24, 2.45) is 0 Å². The summed E-state index contributed by atoms with van der Waals surface area (Å²) < 4.78 is 10.6. The quantitative estimate of drug-likeness (QED) is 0.774. The molecule has 0 aliphatic heterocycles. The van der Waals surface area contributed by atoms with Crippen LogP contribution in [0.15, 0.2) is 33.3 Å². The number of aromatic nitrogens is 3. The first kappa shape index (κ1) is 14.9. The summed E-state index contributed by atoms with van der Waals surface area (Å²) in [5, 5.41) is 11.5. The normalized spacial score (nSPS) is 13.7. The number of rotatable bonds is 5. The van der Waals surface area contributed by atoms with E-state index in [4.69, 9.17) is 9.05 Å². The molecule has 2 aromatic heterocycles. The third kappa shape index (κ3) is 3.18. The zero-order valence-electron chi connectivity index (χ0n) is 13.7. The number of nitrogens with one attached hydrogen (secondary N) is 1. The largest absolute Gasteiger partial charge is 0.379 e. The molecule has 3 aromatic rings. The molecule has 1 aliphatic carbocycles. The Balaban J connectivity index is 1.38. The van der Waals surface area contributed by atoms with Crippen molar-refractivity contribution in [2.75, 3.05) is 5.32 Å². The smallest absolute Gasteiger partial charge is 0.231 e. The molecule has 1 aromatic carbocycles. The van der Waals surface area contributed by atoms with Gasteiger partial charge in [0.05, 0.1) is 13.0 Å². The fraction of sp³-hybridized carbons (Fsp3) is 0.389. The van der Waals surface area contributed by atoms with E-state index in [1.165, 1.54) is 18.4 Å². The molecule has 0 fully saturated rings. The first-order chi connectivity index (χ1) is 11.8. The molecule has 0 amide bonds. The van der Waals surface area contributed by atoms with Gasteiger partial charge in [0, 0.05) is 17.7 Å². The zero-order chi connectivity index (χ0) is 16.4. The van der Waals surface area contributed by atoms with Gasteiger partial charge >= 0.3 is 0 Å². The van der Waals surface area contributed by atoms with Gasteiger partial charge < -0.3 is 14.4 Å². The van der Waals surface area contributed by atoms with Crippen LogP contribution in [0.3, 0.4) is 0 Å². The highest BCUT2D eigenvalue weighted by atomic mass is 16.5. The van der Waals surface area contributed by atoms with Crippen LogP contribution >= 0.6 is 0 Å². The lowest BCUT2D eigenvalue weighted by Gasteiger charge is -2.10. The number of hydrogen-bond acceptors (Lipinski definition) is 6. The summed E-state index contributed by atoms with van der Waals surface area (Å²) in [7, 11) is 0. The summed E-state index contributed by atoms with van der Waals surface area (Å²) in [6, 6.07) is 8.26. The lowest BCUT2D eigenvalue weighted by atomic mass is 9.96. The Labute approximate surface area is 140 Å². The van der Waals surface area contributed by atoms with Crippen LogP contribution in [0.4, 0.5) is 5.69 Å². The molecule has 2 heterocycles. The van der Waals surface area contributed by atoms with Crippen LogP contribution in [0.25, 0.3) is 0 Å². The Kier molecular flexibility index (Phi) is 4.02. The van der Waals surface area contributed by atoms with E-state index in [1.807, 2.05) is 6.92 Å². The molecule has 6 nitrogen and oxygen atoms in total. The van der Waals surface area contributed by atoms with Gasteiger partial charge in [0.1, 0.15) is 11.5 Å². The third-order valence-electron chi connectivity index (χ3n) is 4.37. The molecular formula is C18H20N4O2. The molecule has 6 heteroatoms. The van der Waals surface area contributed by atoms with Gasteiger partial charge in [0.25, 0.3) is 0 Å². The zero-order valence-corrected chi connectivity index (χ0v) is 13.7. The van der Waals surface area contributed by atoms with Gasteiger partial charge in [-0.2, -0.15) is 4.98 Å². The molecule has 24 heavy (non-hydrogen) atoms. The van der Waals surface area contributed by atoms with Crippen LogP contribution < -0.4 is 5.32 Å². The highest BCUT2D eigenvalue weighted by Crippen LogP contribution is 2.24. The Morgan fingerprint density at radius 1 is 1.04 bits per heavy atom. The molecule has 1 aliphatic rings. The topological polar surface area (TPSA) is 77.0 Å². The average Bonchev–Trinajstić information content (AvgIpc) is 3.20. The molecule has 0 spiro atoms. The first-order valence-electron chi connectivity index (χ1n) is 8.36. The number of anilines is 1. The van der Waals surface area contributed by atoms with Crippen LogP contribution in [0.5, 0.6) is 0 Å². The maximum absolute atomic E-state index is 5.45.